The van der Waals surface area contributed by atoms with Gasteiger partial charge in [-0.1, -0.05) is 37.2 Å². The second-order valence-corrected chi connectivity index (χ2v) is 7.17. The predicted molar refractivity (Wildman–Crippen MR) is 85.9 cm³/mol. The minimum absolute atomic E-state index is 0.350. The van der Waals surface area contributed by atoms with E-state index in [0.29, 0.717) is 27.1 Å². The molecule has 1 atom stereocenters. The lowest BCUT2D eigenvalue weighted by molar-refractivity contribution is 0.529. The Hall–Kier alpha value is -0.260. The quantitative estimate of drug-likeness (QED) is 0.799. The van der Waals surface area contributed by atoms with Gasteiger partial charge in [-0.05, 0) is 40.4 Å². The highest BCUT2D eigenvalue weighted by Crippen LogP contribution is 2.34. The zero-order valence-corrected chi connectivity index (χ0v) is 13.9. The summed E-state index contributed by atoms with van der Waals surface area (Å²) < 4.78 is 13.8. The molecule has 0 fully saturated rings. The molecule has 1 aromatic carbocycles. The number of benzene rings is 1. The summed E-state index contributed by atoms with van der Waals surface area (Å²) in [5.41, 5.74) is 0.666. The van der Waals surface area contributed by atoms with E-state index in [-0.39, 0.29) is 5.82 Å². The molecule has 1 N–H and O–H groups in total. The SMILES string of the molecule is CC(C)CC1CSC(Nc2c(Cl)cc(F)cc2Br)=N1. The van der Waals surface area contributed by atoms with Gasteiger partial charge in [-0.15, -0.1) is 0 Å². The Bertz CT molecular complexity index is 484. The van der Waals surface area contributed by atoms with Crippen LogP contribution in [0.2, 0.25) is 5.02 Å². The summed E-state index contributed by atoms with van der Waals surface area (Å²) in [6.45, 7) is 4.39. The first-order chi connectivity index (χ1) is 8.95. The lowest BCUT2D eigenvalue weighted by atomic mass is 10.1. The molecule has 0 amide bonds. The number of aliphatic imine (C=N–C) groups is 1. The molecule has 1 unspecified atom stereocenters. The van der Waals surface area contributed by atoms with E-state index in [4.69, 9.17) is 11.6 Å². The zero-order chi connectivity index (χ0) is 14.0. The van der Waals surface area contributed by atoms with Crippen molar-refractivity contribution in [3.8, 4) is 0 Å². The van der Waals surface area contributed by atoms with Crippen LogP contribution < -0.4 is 5.32 Å². The maximum Gasteiger partial charge on any atom is 0.161 e. The first-order valence-electron chi connectivity index (χ1n) is 6.08. The van der Waals surface area contributed by atoms with Crippen molar-refractivity contribution in [2.75, 3.05) is 11.1 Å². The smallest absolute Gasteiger partial charge is 0.161 e. The topological polar surface area (TPSA) is 24.4 Å². The van der Waals surface area contributed by atoms with Crippen LogP contribution in [0.4, 0.5) is 10.1 Å². The van der Waals surface area contributed by atoms with E-state index in [1.165, 1.54) is 12.1 Å². The van der Waals surface area contributed by atoms with E-state index in [0.717, 1.165) is 17.3 Å². The van der Waals surface area contributed by atoms with Crippen molar-refractivity contribution in [1.82, 2.24) is 0 Å². The fourth-order valence-corrected chi connectivity index (χ4v) is 3.77. The van der Waals surface area contributed by atoms with Gasteiger partial charge in [0.15, 0.2) is 5.17 Å². The highest BCUT2D eigenvalue weighted by atomic mass is 79.9. The van der Waals surface area contributed by atoms with Crippen molar-refractivity contribution in [3.05, 3.63) is 27.4 Å². The third-order valence-corrected chi connectivity index (χ3v) is 4.65. The molecule has 0 saturated heterocycles. The van der Waals surface area contributed by atoms with E-state index < -0.39 is 0 Å². The van der Waals surface area contributed by atoms with Crippen LogP contribution in [0.25, 0.3) is 0 Å². The summed E-state index contributed by atoms with van der Waals surface area (Å²) in [5, 5.41) is 4.37. The van der Waals surface area contributed by atoms with Crippen molar-refractivity contribution in [1.29, 1.82) is 0 Å². The van der Waals surface area contributed by atoms with Crippen LogP contribution in [0.1, 0.15) is 20.3 Å². The van der Waals surface area contributed by atoms with Crippen LogP contribution in [0.15, 0.2) is 21.6 Å². The molecule has 1 aromatic rings. The molecule has 1 aliphatic rings. The van der Waals surface area contributed by atoms with Gasteiger partial charge < -0.3 is 5.32 Å². The summed E-state index contributed by atoms with van der Waals surface area (Å²) in [4.78, 5) is 4.62. The van der Waals surface area contributed by atoms with Gasteiger partial charge in [0.2, 0.25) is 0 Å². The van der Waals surface area contributed by atoms with Crippen LogP contribution in [-0.2, 0) is 0 Å². The van der Waals surface area contributed by atoms with Crippen LogP contribution in [0, 0.1) is 11.7 Å². The van der Waals surface area contributed by atoms with Crippen LogP contribution in [-0.4, -0.2) is 17.0 Å². The highest BCUT2D eigenvalue weighted by molar-refractivity contribution is 9.10. The Kier molecular flexibility index (Phi) is 5.15. The summed E-state index contributed by atoms with van der Waals surface area (Å²) in [5.74, 6) is 1.26. The number of hydrogen-bond donors (Lipinski definition) is 1. The molecule has 6 heteroatoms. The van der Waals surface area contributed by atoms with E-state index in [2.05, 4.69) is 40.1 Å². The molecule has 2 nitrogen and oxygen atoms in total. The normalized spacial score (nSPS) is 18.8. The third-order valence-electron chi connectivity index (χ3n) is 2.69. The van der Waals surface area contributed by atoms with Gasteiger partial charge in [0.05, 0.1) is 16.8 Å². The molecule has 0 aliphatic carbocycles. The maximum atomic E-state index is 13.1. The summed E-state index contributed by atoms with van der Waals surface area (Å²) in [6.07, 6.45) is 1.08. The number of halogens is 3. The van der Waals surface area contributed by atoms with Gasteiger partial charge in [0.25, 0.3) is 0 Å². The Morgan fingerprint density at radius 1 is 1.58 bits per heavy atom. The predicted octanol–water partition coefficient (Wildman–Crippen LogP) is 5.17. The second kappa shape index (κ2) is 6.46. The summed E-state index contributed by atoms with van der Waals surface area (Å²) in [7, 11) is 0. The van der Waals surface area contributed by atoms with Crippen molar-refractivity contribution in [2.45, 2.75) is 26.3 Å². The highest BCUT2D eigenvalue weighted by Gasteiger charge is 2.20. The molecular formula is C13H15BrClFN2S. The first kappa shape index (κ1) is 15.1. The Morgan fingerprint density at radius 3 is 2.95 bits per heavy atom. The number of hydrogen-bond acceptors (Lipinski definition) is 3. The molecule has 0 bridgehead atoms. The number of rotatable bonds is 3. The van der Waals surface area contributed by atoms with Crippen molar-refractivity contribution < 1.29 is 4.39 Å². The van der Waals surface area contributed by atoms with Gasteiger partial charge in [0, 0.05) is 10.2 Å². The van der Waals surface area contributed by atoms with Crippen LogP contribution in [0.3, 0.4) is 0 Å². The van der Waals surface area contributed by atoms with Gasteiger partial charge in [-0.2, -0.15) is 0 Å². The first-order valence-corrected chi connectivity index (χ1v) is 8.23. The average Bonchev–Trinajstić information content (AvgIpc) is 2.70. The molecule has 0 saturated carbocycles. The summed E-state index contributed by atoms with van der Waals surface area (Å²) in [6, 6.07) is 3.03. The number of anilines is 1. The third kappa shape index (κ3) is 4.10. The number of nitrogens with zero attached hydrogens (tertiary/aromatic N) is 1. The Labute approximate surface area is 130 Å². The zero-order valence-electron chi connectivity index (χ0n) is 10.7. The van der Waals surface area contributed by atoms with Crippen molar-refractivity contribution in [2.24, 2.45) is 10.9 Å². The molecule has 0 spiro atoms. The van der Waals surface area contributed by atoms with Crippen molar-refractivity contribution >= 4 is 50.1 Å². The molecule has 1 aliphatic heterocycles. The lowest BCUT2D eigenvalue weighted by Crippen LogP contribution is -2.08. The van der Waals surface area contributed by atoms with E-state index in [1.54, 1.807) is 11.8 Å². The molecule has 19 heavy (non-hydrogen) atoms. The standard InChI is InChI=1S/C13H15BrClFN2S/c1-7(2)3-9-6-19-13(17-9)18-12-10(14)4-8(16)5-11(12)15/h4-5,7,9H,3,6H2,1-2H3,(H,17,18). The Morgan fingerprint density at radius 2 is 2.32 bits per heavy atom. The fourth-order valence-electron chi connectivity index (χ4n) is 1.92. The Balaban J connectivity index is 2.10. The molecule has 0 aromatic heterocycles. The minimum atomic E-state index is -0.360. The van der Waals surface area contributed by atoms with Crippen molar-refractivity contribution in [3.63, 3.8) is 0 Å². The lowest BCUT2D eigenvalue weighted by Gasteiger charge is -2.10. The van der Waals surface area contributed by atoms with E-state index in [9.17, 15) is 4.39 Å². The molecule has 0 radical (unpaired) electrons. The van der Waals surface area contributed by atoms with Crippen LogP contribution in [0.5, 0.6) is 0 Å². The molecule has 1 heterocycles. The van der Waals surface area contributed by atoms with Crippen LogP contribution >= 0.6 is 39.3 Å². The maximum absolute atomic E-state index is 13.1. The monoisotopic (exact) mass is 364 g/mol. The van der Waals surface area contributed by atoms with E-state index in [1.807, 2.05) is 0 Å². The molecular weight excluding hydrogens is 351 g/mol. The van der Waals surface area contributed by atoms with E-state index >= 15 is 0 Å². The van der Waals surface area contributed by atoms with Gasteiger partial charge in [-0.3, -0.25) is 4.99 Å². The summed E-state index contributed by atoms with van der Waals surface area (Å²) >= 11 is 11.0. The average molecular weight is 366 g/mol. The molecule has 2 rings (SSSR count). The second-order valence-electron chi connectivity index (χ2n) is 4.90. The molecule has 104 valence electrons. The largest absolute Gasteiger partial charge is 0.333 e. The fraction of sp³-hybridized carbons (Fsp3) is 0.462. The van der Waals surface area contributed by atoms with Gasteiger partial charge in [0.1, 0.15) is 5.82 Å². The number of amidine groups is 1. The van der Waals surface area contributed by atoms with Gasteiger partial charge >= 0.3 is 0 Å². The van der Waals surface area contributed by atoms with Gasteiger partial charge in [-0.25, -0.2) is 4.39 Å². The number of thioether (sulfide) groups is 1. The number of nitrogens with one attached hydrogen (secondary N) is 1. The minimum Gasteiger partial charge on any atom is -0.333 e.